The molecule has 1 aliphatic rings. The van der Waals surface area contributed by atoms with Crippen LogP contribution in [-0.2, 0) is 23.3 Å². The van der Waals surface area contributed by atoms with Gasteiger partial charge in [0.05, 0.1) is 11.3 Å². The van der Waals surface area contributed by atoms with Crippen LogP contribution in [0.1, 0.15) is 74.5 Å². The number of alkyl halides is 6. The highest BCUT2D eigenvalue weighted by molar-refractivity contribution is 6.27. The Balaban J connectivity index is 1.72. The van der Waals surface area contributed by atoms with E-state index in [0.29, 0.717) is 6.54 Å². The third-order valence-corrected chi connectivity index (χ3v) is 6.96. The molecule has 1 atom stereocenters. The molecule has 0 radical (unpaired) electrons. The normalized spacial score (nSPS) is 18.2. The second-order valence-corrected chi connectivity index (χ2v) is 9.93. The Morgan fingerprint density at radius 2 is 1.83 bits per heavy atom. The van der Waals surface area contributed by atoms with Crippen LogP contribution >= 0.6 is 0 Å². The monoisotopic (exact) mass is 587 g/mol. The number of hydrogen-bond donors (Lipinski definition) is 2. The van der Waals surface area contributed by atoms with Crippen LogP contribution in [-0.4, -0.2) is 48.7 Å². The Hall–Kier alpha value is -3.78. The fourth-order valence-electron chi connectivity index (χ4n) is 4.89. The van der Waals surface area contributed by atoms with Crippen LogP contribution in [0.4, 0.5) is 30.7 Å². The van der Waals surface area contributed by atoms with Gasteiger partial charge in [-0.1, -0.05) is 31.9 Å². The Morgan fingerprint density at radius 1 is 1.05 bits per heavy atom. The number of amides is 1. The van der Waals surface area contributed by atoms with Gasteiger partial charge in [0.2, 0.25) is 5.82 Å². The summed E-state index contributed by atoms with van der Waals surface area (Å²) >= 11 is 0. The SMILES string of the molecule is CCCCCn1ccc(C2=C(c3nn[nH]n3)C(=O)N[C@@](c3ccc(CCCCC(F)(F)F)cc3F)(C(F)(F)F)C2)n1. The molecule has 0 unspecified atom stereocenters. The summed E-state index contributed by atoms with van der Waals surface area (Å²) in [4.78, 5) is 13.3. The highest BCUT2D eigenvalue weighted by atomic mass is 19.4. The second kappa shape index (κ2) is 12.0. The van der Waals surface area contributed by atoms with E-state index in [9.17, 15) is 31.1 Å². The number of H-pyrrole nitrogens is 1. The standard InChI is InChI=1S/C26H28F7N7O/c1-2-3-6-12-40-13-10-20(37-40)17-15-24(26(31,32)33,34-23(41)21(17)22-35-38-39-36-22)18-9-8-16(14-19(18)27)7-4-5-11-25(28,29)30/h8-10,13-14H,2-7,11-12,15H2,1H3,(H,34,41)(H,35,36,38,39)/t24-/m0/s1. The predicted molar refractivity (Wildman–Crippen MR) is 133 cm³/mol. The fourth-order valence-corrected chi connectivity index (χ4v) is 4.89. The van der Waals surface area contributed by atoms with Crippen molar-refractivity contribution < 1.29 is 35.5 Å². The van der Waals surface area contributed by atoms with Crippen molar-refractivity contribution >= 4 is 17.1 Å². The van der Waals surface area contributed by atoms with E-state index >= 15 is 4.39 Å². The van der Waals surface area contributed by atoms with Gasteiger partial charge in [-0.2, -0.15) is 36.7 Å². The Kier molecular flexibility index (Phi) is 8.83. The van der Waals surface area contributed by atoms with E-state index in [1.807, 2.05) is 12.2 Å². The van der Waals surface area contributed by atoms with Crippen molar-refractivity contribution in [2.45, 2.75) is 82.7 Å². The number of unbranched alkanes of at least 4 members (excludes halogenated alkanes) is 3. The van der Waals surface area contributed by atoms with Crippen LogP contribution in [0.3, 0.4) is 0 Å². The van der Waals surface area contributed by atoms with E-state index in [0.717, 1.165) is 31.4 Å². The smallest absolute Gasteiger partial charge is 0.334 e. The summed E-state index contributed by atoms with van der Waals surface area (Å²) in [5.41, 5.74) is -4.10. The minimum atomic E-state index is -5.16. The number of benzene rings is 1. The molecule has 0 spiro atoms. The summed E-state index contributed by atoms with van der Waals surface area (Å²) in [6.07, 6.45) is -7.26. The van der Waals surface area contributed by atoms with Crippen molar-refractivity contribution in [1.82, 2.24) is 35.7 Å². The number of nitrogens with zero attached hydrogens (tertiary/aromatic N) is 5. The average Bonchev–Trinajstić information content (AvgIpc) is 3.58. The predicted octanol–water partition coefficient (Wildman–Crippen LogP) is 5.89. The third-order valence-electron chi connectivity index (χ3n) is 6.96. The molecular weight excluding hydrogens is 559 g/mol. The van der Waals surface area contributed by atoms with Gasteiger partial charge in [-0.25, -0.2) is 4.39 Å². The number of carbonyl (C=O) groups is 1. The number of hydrogen-bond acceptors (Lipinski definition) is 5. The molecule has 0 saturated carbocycles. The van der Waals surface area contributed by atoms with Gasteiger partial charge in [0, 0.05) is 31.1 Å². The molecule has 1 aromatic carbocycles. The molecule has 2 aromatic heterocycles. The molecule has 0 aliphatic carbocycles. The first-order chi connectivity index (χ1) is 19.3. The zero-order valence-electron chi connectivity index (χ0n) is 22.0. The molecule has 15 heteroatoms. The van der Waals surface area contributed by atoms with Gasteiger partial charge in [0.15, 0.2) is 5.54 Å². The Labute approximate surface area is 230 Å². The van der Waals surface area contributed by atoms with E-state index < -0.39 is 48.0 Å². The number of nitrogens with one attached hydrogen (secondary N) is 2. The minimum Gasteiger partial charge on any atom is -0.334 e. The maximum Gasteiger partial charge on any atom is 0.416 e. The maximum atomic E-state index is 15.4. The van der Waals surface area contributed by atoms with E-state index in [4.69, 9.17) is 0 Å². The van der Waals surface area contributed by atoms with E-state index in [2.05, 4.69) is 25.7 Å². The highest BCUT2D eigenvalue weighted by Gasteiger charge is 2.61. The van der Waals surface area contributed by atoms with Crippen molar-refractivity contribution in [3.05, 3.63) is 58.9 Å². The maximum absolute atomic E-state index is 15.4. The zero-order valence-corrected chi connectivity index (χ0v) is 22.0. The molecule has 1 aliphatic heterocycles. The van der Waals surface area contributed by atoms with E-state index in [1.165, 1.54) is 12.1 Å². The lowest BCUT2D eigenvalue weighted by Crippen LogP contribution is -2.59. The van der Waals surface area contributed by atoms with Crippen LogP contribution in [0.2, 0.25) is 0 Å². The first-order valence-electron chi connectivity index (χ1n) is 13.1. The number of carbonyl (C=O) groups excluding carboxylic acids is 1. The zero-order chi connectivity index (χ0) is 29.8. The van der Waals surface area contributed by atoms with Gasteiger partial charge in [-0.05, 0) is 54.2 Å². The van der Waals surface area contributed by atoms with Crippen LogP contribution < -0.4 is 5.32 Å². The largest absolute Gasteiger partial charge is 0.416 e. The molecule has 0 fully saturated rings. The highest BCUT2D eigenvalue weighted by Crippen LogP contribution is 2.50. The third kappa shape index (κ3) is 6.76. The van der Waals surface area contributed by atoms with Gasteiger partial charge in [0.1, 0.15) is 5.82 Å². The molecule has 222 valence electrons. The molecule has 41 heavy (non-hydrogen) atoms. The number of tetrazole rings is 1. The lowest BCUT2D eigenvalue weighted by Gasteiger charge is -2.41. The van der Waals surface area contributed by atoms with Gasteiger partial charge < -0.3 is 5.32 Å². The van der Waals surface area contributed by atoms with Crippen molar-refractivity contribution in [2.24, 2.45) is 0 Å². The molecule has 4 rings (SSSR count). The van der Waals surface area contributed by atoms with E-state index in [-0.39, 0.29) is 47.5 Å². The summed E-state index contributed by atoms with van der Waals surface area (Å²) in [6.45, 7) is 2.53. The minimum absolute atomic E-state index is 0.0429. The summed E-state index contributed by atoms with van der Waals surface area (Å²) in [5.74, 6) is -2.69. The summed E-state index contributed by atoms with van der Waals surface area (Å²) in [6, 6.07) is 4.49. The van der Waals surface area contributed by atoms with Crippen molar-refractivity contribution in [3.63, 3.8) is 0 Å². The van der Waals surface area contributed by atoms with Crippen LogP contribution in [0.5, 0.6) is 0 Å². The molecule has 2 N–H and O–H groups in total. The molecule has 3 aromatic rings. The number of rotatable bonds is 11. The quantitative estimate of drug-likeness (QED) is 0.215. The Morgan fingerprint density at radius 3 is 2.46 bits per heavy atom. The van der Waals surface area contributed by atoms with Gasteiger partial charge >= 0.3 is 12.4 Å². The van der Waals surface area contributed by atoms with Crippen LogP contribution in [0.15, 0.2) is 30.5 Å². The van der Waals surface area contributed by atoms with Gasteiger partial charge in [-0.3, -0.25) is 9.48 Å². The first-order valence-corrected chi connectivity index (χ1v) is 13.1. The molecule has 0 bridgehead atoms. The van der Waals surface area contributed by atoms with Gasteiger partial charge in [0.25, 0.3) is 5.91 Å². The van der Waals surface area contributed by atoms with Crippen molar-refractivity contribution in [3.8, 4) is 0 Å². The molecule has 8 nitrogen and oxygen atoms in total. The molecule has 0 saturated heterocycles. The first kappa shape index (κ1) is 30.2. The number of aromatic amines is 1. The fraction of sp³-hybridized carbons (Fsp3) is 0.500. The summed E-state index contributed by atoms with van der Waals surface area (Å²) in [5, 5.41) is 19.5. The second-order valence-electron chi connectivity index (χ2n) is 9.93. The lowest BCUT2D eigenvalue weighted by molar-refractivity contribution is -0.202. The lowest BCUT2D eigenvalue weighted by atomic mass is 9.77. The molecule has 3 heterocycles. The molecular formula is C26H28F7N7O. The average molecular weight is 588 g/mol. The van der Waals surface area contributed by atoms with E-state index in [1.54, 1.807) is 10.9 Å². The summed E-state index contributed by atoms with van der Waals surface area (Å²) in [7, 11) is 0. The number of aryl methyl sites for hydroxylation is 2. The van der Waals surface area contributed by atoms with Gasteiger partial charge in [-0.15, -0.1) is 10.2 Å². The number of halogens is 7. The molecule has 1 amide bonds. The van der Waals surface area contributed by atoms with Crippen LogP contribution in [0.25, 0.3) is 11.1 Å². The van der Waals surface area contributed by atoms with Crippen LogP contribution in [0, 0.1) is 5.82 Å². The van der Waals surface area contributed by atoms with Crippen molar-refractivity contribution in [1.29, 1.82) is 0 Å². The summed E-state index contributed by atoms with van der Waals surface area (Å²) < 4.78 is 98.8. The van der Waals surface area contributed by atoms with Crippen molar-refractivity contribution in [2.75, 3.05) is 0 Å². The topological polar surface area (TPSA) is 101 Å². The number of aromatic nitrogens is 6. The Bertz CT molecular complexity index is 1380.